The van der Waals surface area contributed by atoms with Gasteiger partial charge in [-0.15, -0.1) is 0 Å². The molecule has 0 aliphatic carbocycles. The monoisotopic (exact) mass is 523 g/mol. The van der Waals surface area contributed by atoms with E-state index in [1.54, 1.807) is 30.3 Å². The molecule has 6 nitrogen and oxygen atoms in total. The molecule has 3 aromatic rings. The second-order valence-corrected chi connectivity index (χ2v) is 9.23. The highest BCUT2D eigenvalue weighted by Crippen LogP contribution is 2.30. The van der Waals surface area contributed by atoms with Crippen molar-refractivity contribution >= 4 is 17.7 Å². The molecule has 198 valence electrons. The van der Waals surface area contributed by atoms with Crippen LogP contribution in [0.3, 0.4) is 0 Å². The molecule has 0 saturated carbocycles. The van der Waals surface area contributed by atoms with Crippen LogP contribution < -0.4 is 10.6 Å². The van der Waals surface area contributed by atoms with Crippen LogP contribution in [0.5, 0.6) is 0 Å². The zero-order valence-electron chi connectivity index (χ0n) is 20.6. The number of nitrogens with one attached hydrogen (secondary N) is 2. The lowest BCUT2D eigenvalue weighted by atomic mass is 9.88. The number of alkyl halides is 3. The van der Waals surface area contributed by atoms with Gasteiger partial charge in [-0.2, -0.15) is 13.2 Å². The molecule has 9 heteroatoms. The molecule has 1 saturated heterocycles. The molecular weight excluding hydrogens is 495 g/mol. The summed E-state index contributed by atoms with van der Waals surface area (Å²) in [6.45, 7) is 0.803. The van der Waals surface area contributed by atoms with Crippen LogP contribution in [0, 0.1) is 5.92 Å². The molecule has 1 atom stereocenters. The molecule has 0 radical (unpaired) electrons. The van der Waals surface area contributed by atoms with E-state index in [0.717, 1.165) is 17.7 Å². The Morgan fingerprint density at radius 2 is 1.45 bits per heavy atom. The average Bonchev–Trinajstić information content (AvgIpc) is 2.95. The molecule has 2 N–H and O–H groups in total. The fourth-order valence-corrected chi connectivity index (χ4v) is 4.55. The second kappa shape index (κ2) is 11.9. The number of likely N-dealkylation sites (tertiary alicyclic amines) is 1. The maximum atomic E-state index is 13.2. The lowest BCUT2D eigenvalue weighted by molar-refractivity contribution is -0.137. The number of halogens is 3. The zero-order valence-corrected chi connectivity index (χ0v) is 20.6. The molecule has 1 unspecified atom stereocenters. The summed E-state index contributed by atoms with van der Waals surface area (Å²) in [6, 6.07) is 21.5. The van der Waals surface area contributed by atoms with Crippen molar-refractivity contribution in [2.24, 2.45) is 5.92 Å². The molecule has 1 aliphatic rings. The van der Waals surface area contributed by atoms with Gasteiger partial charge in [-0.1, -0.05) is 54.6 Å². The molecule has 4 rings (SSSR count). The first-order valence-corrected chi connectivity index (χ1v) is 12.4. The molecule has 1 aliphatic heterocycles. The van der Waals surface area contributed by atoms with Crippen molar-refractivity contribution in [2.75, 3.05) is 13.1 Å². The third kappa shape index (κ3) is 6.79. The summed E-state index contributed by atoms with van der Waals surface area (Å²) < 4.78 is 39.3. The topological polar surface area (TPSA) is 78.5 Å². The van der Waals surface area contributed by atoms with Crippen molar-refractivity contribution in [1.82, 2.24) is 15.5 Å². The summed E-state index contributed by atoms with van der Waals surface area (Å²) in [5.74, 6) is -1.47. The molecular formula is C29H28F3N3O3. The summed E-state index contributed by atoms with van der Waals surface area (Å²) in [6.07, 6.45) is -3.73. The number of piperidine rings is 1. The fourth-order valence-electron chi connectivity index (χ4n) is 4.55. The number of benzene rings is 3. The van der Waals surface area contributed by atoms with E-state index in [1.165, 1.54) is 17.0 Å². The summed E-state index contributed by atoms with van der Waals surface area (Å²) in [5, 5.41) is 5.75. The standard InChI is InChI=1S/C29H28F3N3O3/c30-29(31,32)24-13-7-12-23(18-24)28(38)35-16-14-21(15-17-35)25(34-26(36)22-10-5-2-6-11-22)27(37)33-19-20-8-3-1-4-9-20/h1-13,18,21,25H,14-17,19H2,(H,33,37)(H,34,36). The lowest BCUT2D eigenvalue weighted by Crippen LogP contribution is -2.53. The Kier molecular flexibility index (Phi) is 8.45. The number of nitrogens with zero attached hydrogens (tertiary/aromatic N) is 1. The Hall–Kier alpha value is -4.14. The van der Waals surface area contributed by atoms with Crippen LogP contribution in [0.2, 0.25) is 0 Å². The van der Waals surface area contributed by atoms with Crippen molar-refractivity contribution in [3.8, 4) is 0 Å². The Balaban J connectivity index is 1.44. The number of hydrogen-bond donors (Lipinski definition) is 2. The molecule has 3 aromatic carbocycles. The van der Waals surface area contributed by atoms with E-state index in [1.807, 2.05) is 30.3 Å². The van der Waals surface area contributed by atoms with E-state index < -0.39 is 23.7 Å². The van der Waals surface area contributed by atoms with Gasteiger partial charge in [-0.25, -0.2) is 0 Å². The van der Waals surface area contributed by atoms with Gasteiger partial charge in [0.1, 0.15) is 6.04 Å². The van der Waals surface area contributed by atoms with E-state index in [0.29, 0.717) is 24.9 Å². The quantitative estimate of drug-likeness (QED) is 0.473. The summed E-state index contributed by atoms with van der Waals surface area (Å²) in [5.41, 5.74) is 0.422. The predicted octanol–water partition coefficient (Wildman–Crippen LogP) is 4.67. The smallest absolute Gasteiger partial charge is 0.350 e. The molecule has 3 amide bonds. The van der Waals surface area contributed by atoms with E-state index in [9.17, 15) is 27.6 Å². The van der Waals surface area contributed by atoms with Gasteiger partial charge in [-0.05, 0) is 54.7 Å². The highest BCUT2D eigenvalue weighted by Gasteiger charge is 2.35. The minimum absolute atomic E-state index is 0.0344. The van der Waals surface area contributed by atoms with Gasteiger partial charge in [0, 0.05) is 30.8 Å². The van der Waals surface area contributed by atoms with Crippen LogP contribution in [-0.4, -0.2) is 41.8 Å². The minimum atomic E-state index is -4.54. The number of carbonyl (C=O) groups excluding carboxylic acids is 3. The molecule has 0 aromatic heterocycles. The van der Waals surface area contributed by atoms with Crippen LogP contribution in [0.1, 0.15) is 44.7 Å². The predicted molar refractivity (Wildman–Crippen MR) is 136 cm³/mol. The first-order valence-electron chi connectivity index (χ1n) is 12.4. The molecule has 0 spiro atoms. The normalized spacial score (nSPS) is 15.0. The van der Waals surface area contributed by atoms with Gasteiger partial charge in [0.05, 0.1) is 5.56 Å². The van der Waals surface area contributed by atoms with Gasteiger partial charge < -0.3 is 15.5 Å². The molecule has 38 heavy (non-hydrogen) atoms. The van der Waals surface area contributed by atoms with E-state index in [2.05, 4.69) is 10.6 Å². The van der Waals surface area contributed by atoms with Crippen LogP contribution >= 0.6 is 0 Å². The van der Waals surface area contributed by atoms with Gasteiger partial charge in [0.2, 0.25) is 5.91 Å². The van der Waals surface area contributed by atoms with Crippen LogP contribution in [0.15, 0.2) is 84.9 Å². The van der Waals surface area contributed by atoms with E-state index >= 15 is 0 Å². The van der Waals surface area contributed by atoms with Gasteiger partial charge >= 0.3 is 6.18 Å². The number of carbonyl (C=O) groups is 3. The van der Waals surface area contributed by atoms with Crippen LogP contribution in [0.4, 0.5) is 13.2 Å². The van der Waals surface area contributed by atoms with Crippen molar-refractivity contribution in [3.05, 3.63) is 107 Å². The maximum Gasteiger partial charge on any atom is 0.416 e. The molecule has 0 bridgehead atoms. The number of hydrogen-bond acceptors (Lipinski definition) is 3. The SMILES string of the molecule is O=C(NC(C(=O)NCc1ccccc1)C1CCN(C(=O)c2cccc(C(F)(F)F)c2)CC1)c1ccccc1. The van der Waals surface area contributed by atoms with E-state index in [4.69, 9.17) is 0 Å². The fraction of sp³-hybridized carbons (Fsp3) is 0.276. The van der Waals surface area contributed by atoms with Crippen molar-refractivity contribution in [3.63, 3.8) is 0 Å². The van der Waals surface area contributed by atoms with Crippen molar-refractivity contribution in [1.29, 1.82) is 0 Å². The van der Waals surface area contributed by atoms with Gasteiger partial charge in [-0.3, -0.25) is 14.4 Å². The molecule has 1 heterocycles. The maximum absolute atomic E-state index is 13.2. The van der Waals surface area contributed by atoms with E-state index in [-0.39, 0.29) is 36.4 Å². The van der Waals surface area contributed by atoms with Crippen molar-refractivity contribution < 1.29 is 27.6 Å². The largest absolute Gasteiger partial charge is 0.416 e. The van der Waals surface area contributed by atoms with Crippen LogP contribution in [0.25, 0.3) is 0 Å². The zero-order chi connectivity index (χ0) is 27.1. The Bertz CT molecular complexity index is 1260. The van der Waals surface area contributed by atoms with Crippen LogP contribution in [-0.2, 0) is 17.5 Å². The highest BCUT2D eigenvalue weighted by molar-refractivity contribution is 5.97. The first kappa shape index (κ1) is 26.9. The Morgan fingerprint density at radius 1 is 0.842 bits per heavy atom. The third-order valence-corrected chi connectivity index (χ3v) is 6.65. The lowest BCUT2D eigenvalue weighted by Gasteiger charge is -2.36. The molecule has 1 fully saturated rings. The summed E-state index contributed by atoms with van der Waals surface area (Å²) >= 11 is 0. The summed E-state index contributed by atoms with van der Waals surface area (Å²) in [4.78, 5) is 40.5. The second-order valence-electron chi connectivity index (χ2n) is 9.23. The number of amides is 3. The number of rotatable bonds is 7. The Labute approximate surface area is 218 Å². The summed E-state index contributed by atoms with van der Waals surface area (Å²) in [7, 11) is 0. The van der Waals surface area contributed by atoms with Gasteiger partial charge in [0.25, 0.3) is 11.8 Å². The Morgan fingerprint density at radius 3 is 2.08 bits per heavy atom. The first-order chi connectivity index (χ1) is 18.2. The average molecular weight is 524 g/mol. The third-order valence-electron chi connectivity index (χ3n) is 6.65. The highest BCUT2D eigenvalue weighted by atomic mass is 19.4. The van der Waals surface area contributed by atoms with Gasteiger partial charge in [0.15, 0.2) is 0 Å². The van der Waals surface area contributed by atoms with Crippen molar-refractivity contribution in [2.45, 2.75) is 31.6 Å². The minimum Gasteiger partial charge on any atom is -0.350 e.